The van der Waals surface area contributed by atoms with Crippen LogP contribution in [0.2, 0.25) is 0 Å². The lowest BCUT2D eigenvalue weighted by Crippen LogP contribution is -2.22. The zero-order chi connectivity index (χ0) is 13.9. The monoisotopic (exact) mass is 280 g/mol. The molecule has 0 radical (unpaired) electrons. The lowest BCUT2D eigenvalue weighted by molar-refractivity contribution is -0.109. The van der Waals surface area contributed by atoms with Gasteiger partial charge in [0.05, 0.1) is 6.10 Å². The van der Waals surface area contributed by atoms with E-state index in [4.69, 9.17) is 0 Å². The first-order chi connectivity index (χ1) is 8.34. The second-order valence-electron chi connectivity index (χ2n) is 3.58. The molecule has 2 atom stereocenters. The Hall–Kier alpha value is -1.05. The van der Waals surface area contributed by atoms with Crippen LogP contribution in [0, 0.1) is 17.5 Å². The molecule has 0 heterocycles. The van der Waals surface area contributed by atoms with Gasteiger partial charge in [0.2, 0.25) is 0 Å². The maximum atomic E-state index is 13.3. The van der Waals surface area contributed by atoms with Gasteiger partial charge in [-0.15, -0.1) is 0 Å². The Kier molecular flexibility index (Phi) is 5.18. The van der Waals surface area contributed by atoms with Gasteiger partial charge in [0, 0.05) is 18.2 Å². The SMILES string of the molecule is CC(=O)SCC(O)C(O)c1ccc(F)c(F)c1F. The predicted octanol–water partition coefficient (Wildman–Crippen LogP) is 1.78. The van der Waals surface area contributed by atoms with Crippen molar-refractivity contribution in [2.75, 3.05) is 5.75 Å². The molecule has 0 aliphatic carbocycles. The fourth-order valence-corrected chi connectivity index (χ4v) is 1.86. The van der Waals surface area contributed by atoms with Crippen LogP contribution in [0.15, 0.2) is 12.1 Å². The first-order valence-corrected chi connectivity index (χ1v) is 5.96. The van der Waals surface area contributed by atoms with Crippen molar-refractivity contribution in [2.45, 2.75) is 19.1 Å². The van der Waals surface area contributed by atoms with Crippen molar-refractivity contribution in [3.05, 3.63) is 35.1 Å². The van der Waals surface area contributed by atoms with Gasteiger partial charge in [-0.3, -0.25) is 4.79 Å². The molecule has 1 rings (SSSR count). The quantitative estimate of drug-likeness (QED) is 0.825. The topological polar surface area (TPSA) is 57.5 Å². The van der Waals surface area contributed by atoms with Gasteiger partial charge in [-0.25, -0.2) is 13.2 Å². The Morgan fingerprint density at radius 1 is 1.28 bits per heavy atom. The minimum atomic E-state index is -1.73. The van der Waals surface area contributed by atoms with Gasteiger partial charge >= 0.3 is 0 Å². The molecular formula is C11H11F3O3S. The third-order valence-corrected chi connectivity index (χ3v) is 3.12. The van der Waals surface area contributed by atoms with Gasteiger partial charge in [0.25, 0.3) is 0 Å². The van der Waals surface area contributed by atoms with Gasteiger partial charge in [-0.2, -0.15) is 0 Å². The number of thioether (sulfide) groups is 1. The average molecular weight is 280 g/mol. The van der Waals surface area contributed by atoms with Gasteiger partial charge in [0.1, 0.15) is 6.10 Å². The number of halogens is 3. The van der Waals surface area contributed by atoms with Crippen molar-refractivity contribution < 1.29 is 28.2 Å². The Morgan fingerprint density at radius 3 is 2.44 bits per heavy atom. The summed E-state index contributed by atoms with van der Waals surface area (Å²) in [6.45, 7) is 1.27. The number of hydrogen-bond acceptors (Lipinski definition) is 4. The van der Waals surface area contributed by atoms with E-state index >= 15 is 0 Å². The summed E-state index contributed by atoms with van der Waals surface area (Å²) in [7, 11) is 0. The van der Waals surface area contributed by atoms with Crippen LogP contribution in [0.4, 0.5) is 13.2 Å². The maximum Gasteiger partial charge on any atom is 0.194 e. The van der Waals surface area contributed by atoms with E-state index in [9.17, 15) is 28.2 Å². The smallest absolute Gasteiger partial charge is 0.194 e. The predicted molar refractivity (Wildman–Crippen MR) is 60.4 cm³/mol. The van der Waals surface area contributed by atoms with Crippen LogP contribution in [0.1, 0.15) is 18.6 Å². The molecule has 0 fully saturated rings. The molecule has 100 valence electrons. The molecule has 0 bridgehead atoms. The second kappa shape index (κ2) is 6.21. The molecule has 3 nitrogen and oxygen atoms in total. The molecule has 0 aliphatic rings. The summed E-state index contributed by atoms with van der Waals surface area (Å²) >= 11 is 0.736. The van der Waals surface area contributed by atoms with E-state index in [1.807, 2.05) is 0 Å². The van der Waals surface area contributed by atoms with E-state index < -0.39 is 35.2 Å². The number of carbonyl (C=O) groups excluding carboxylic acids is 1. The molecule has 2 N–H and O–H groups in total. The third kappa shape index (κ3) is 3.47. The highest BCUT2D eigenvalue weighted by Gasteiger charge is 2.25. The van der Waals surface area contributed by atoms with Crippen LogP contribution >= 0.6 is 11.8 Å². The molecule has 0 spiro atoms. The highest BCUT2D eigenvalue weighted by atomic mass is 32.2. The molecule has 0 aromatic heterocycles. The fourth-order valence-electron chi connectivity index (χ4n) is 1.27. The Bertz CT molecular complexity index is 453. The fraction of sp³-hybridized carbons (Fsp3) is 0.364. The number of carbonyl (C=O) groups is 1. The molecule has 0 saturated heterocycles. The summed E-state index contributed by atoms with van der Waals surface area (Å²) in [5.74, 6) is -4.81. The molecule has 1 aromatic rings. The maximum absolute atomic E-state index is 13.3. The summed E-state index contributed by atoms with van der Waals surface area (Å²) < 4.78 is 38.9. The number of benzene rings is 1. The number of aliphatic hydroxyl groups excluding tert-OH is 2. The van der Waals surface area contributed by atoms with E-state index in [1.54, 1.807) is 0 Å². The molecular weight excluding hydrogens is 269 g/mol. The summed E-state index contributed by atoms with van der Waals surface area (Å²) in [4.78, 5) is 10.7. The normalized spacial score (nSPS) is 14.3. The Morgan fingerprint density at radius 2 is 1.89 bits per heavy atom. The van der Waals surface area contributed by atoms with Gasteiger partial charge < -0.3 is 10.2 Å². The number of aliphatic hydroxyl groups is 2. The van der Waals surface area contributed by atoms with E-state index in [2.05, 4.69) is 0 Å². The van der Waals surface area contributed by atoms with Crippen LogP contribution in [0.3, 0.4) is 0 Å². The van der Waals surface area contributed by atoms with Crippen LogP contribution < -0.4 is 0 Å². The molecule has 18 heavy (non-hydrogen) atoms. The number of rotatable bonds is 4. The largest absolute Gasteiger partial charge is 0.389 e. The number of hydrogen-bond donors (Lipinski definition) is 2. The van der Waals surface area contributed by atoms with E-state index in [1.165, 1.54) is 6.92 Å². The lowest BCUT2D eigenvalue weighted by Gasteiger charge is -2.18. The van der Waals surface area contributed by atoms with E-state index in [-0.39, 0.29) is 10.9 Å². The summed E-state index contributed by atoms with van der Waals surface area (Å²) in [5.41, 5.74) is -0.550. The first kappa shape index (κ1) is 15.0. The van der Waals surface area contributed by atoms with Crippen LogP contribution in [0.25, 0.3) is 0 Å². The van der Waals surface area contributed by atoms with Gasteiger partial charge in [0.15, 0.2) is 22.6 Å². The zero-order valence-electron chi connectivity index (χ0n) is 9.36. The molecule has 2 unspecified atom stereocenters. The minimum Gasteiger partial charge on any atom is -0.389 e. The highest BCUT2D eigenvalue weighted by Crippen LogP contribution is 2.25. The van der Waals surface area contributed by atoms with Crippen molar-refractivity contribution >= 4 is 16.9 Å². The van der Waals surface area contributed by atoms with Crippen LogP contribution in [-0.4, -0.2) is 27.2 Å². The zero-order valence-corrected chi connectivity index (χ0v) is 10.2. The molecule has 0 aliphatic heterocycles. The summed E-state index contributed by atoms with van der Waals surface area (Å²) in [6.07, 6.45) is -3.19. The molecule has 0 saturated carbocycles. The minimum absolute atomic E-state index is 0.172. The average Bonchev–Trinajstić information content (AvgIpc) is 2.32. The van der Waals surface area contributed by atoms with E-state index in [0.717, 1.165) is 17.8 Å². The molecule has 0 amide bonds. The summed E-state index contributed by atoms with van der Waals surface area (Å²) in [5, 5.41) is 18.8. The van der Waals surface area contributed by atoms with Crippen molar-refractivity contribution in [3.8, 4) is 0 Å². The second-order valence-corrected chi connectivity index (χ2v) is 4.78. The van der Waals surface area contributed by atoms with E-state index in [0.29, 0.717) is 6.07 Å². The Balaban J connectivity index is 2.86. The Labute approximate surface area is 106 Å². The molecule has 1 aromatic carbocycles. The van der Waals surface area contributed by atoms with Crippen LogP contribution in [-0.2, 0) is 4.79 Å². The standard InChI is InChI=1S/C11H11F3O3S/c1-5(15)18-4-8(16)11(17)6-2-3-7(12)10(14)9(6)13/h2-3,8,11,16-17H,4H2,1H3. The lowest BCUT2D eigenvalue weighted by atomic mass is 10.0. The third-order valence-electron chi connectivity index (χ3n) is 2.21. The van der Waals surface area contributed by atoms with Crippen molar-refractivity contribution in [1.29, 1.82) is 0 Å². The van der Waals surface area contributed by atoms with Gasteiger partial charge in [-0.1, -0.05) is 17.8 Å². The van der Waals surface area contributed by atoms with Crippen LogP contribution in [0.5, 0.6) is 0 Å². The summed E-state index contributed by atoms with van der Waals surface area (Å²) in [6, 6.07) is 1.50. The first-order valence-electron chi connectivity index (χ1n) is 4.97. The van der Waals surface area contributed by atoms with Crippen molar-refractivity contribution in [2.24, 2.45) is 0 Å². The molecule has 7 heteroatoms. The van der Waals surface area contributed by atoms with Crippen molar-refractivity contribution in [1.82, 2.24) is 0 Å². The highest BCUT2D eigenvalue weighted by molar-refractivity contribution is 8.13. The van der Waals surface area contributed by atoms with Gasteiger partial charge in [-0.05, 0) is 6.07 Å². The van der Waals surface area contributed by atoms with Crippen molar-refractivity contribution in [3.63, 3.8) is 0 Å².